The van der Waals surface area contributed by atoms with Crippen LogP contribution in [0.4, 0.5) is 14.5 Å². The molecule has 0 fully saturated rings. The van der Waals surface area contributed by atoms with E-state index in [1.54, 1.807) is 25.3 Å². The SMILES string of the molecule is CN(C)/N=C\c1cc(F)c(N)cc1-c1c[nH]c2ncc(F)cc12. The third-order valence-electron chi connectivity index (χ3n) is 3.38. The average Bonchev–Trinajstić information content (AvgIpc) is 2.90. The molecule has 0 bridgehead atoms. The van der Waals surface area contributed by atoms with E-state index in [9.17, 15) is 8.78 Å². The van der Waals surface area contributed by atoms with E-state index in [0.29, 0.717) is 27.7 Å². The van der Waals surface area contributed by atoms with E-state index >= 15 is 0 Å². The van der Waals surface area contributed by atoms with Gasteiger partial charge in [0, 0.05) is 36.8 Å². The van der Waals surface area contributed by atoms with E-state index in [4.69, 9.17) is 5.73 Å². The molecule has 3 rings (SSSR count). The highest BCUT2D eigenvalue weighted by Gasteiger charge is 2.14. The molecule has 0 spiro atoms. The molecule has 0 aliphatic carbocycles. The van der Waals surface area contributed by atoms with Crippen LogP contribution in [0.3, 0.4) is 0 Å². The quantitative estimate of drug-likeness (QED) is 0.443. The highest BCUT2D eigenvalue weighted by Crippen LogP contribution is 2.32. The summed E-state index contributed by atoms with van der Waals surface area (Å²) in [6, 6.07) is 4.20. The van der Waals surface area contributed by atoms with Crippen molar-refractivity contribution in [3.63, 3.8) is 0 Å². The number of H-pyrrole nitrogens is 1. The lowest BCUT2D eigenvalue weighted by molar-refractivity contribution is 0.440. The average molecular weight is 315 g/mol. The van der Waals surface area contributed by atoms with Gasteiger partial charge in [0.25, 0.3) is 0 Å². The second-order valence-corrected chi connectivity index (χ2v) is 5.30. The Balaban J connectivity index is 2.24. The van der Waals surface area contributed by atoms with Crippen molar-refractivity contribution < 1.29 is 8.78 Å². The minimum atomic E-state index is -0.530. The van der Waals surface area contributed by atoms with Crippen LogP contribution in [0.15, 0.2) is 35.7 Å². The number of hydrogen-bond donors (Lipinski definition) is 2. The summed E-state index contributed by atoms with van der Waals surface area (Å²) in [4.78, 5) is 6.97. The number of halogens is 2. The Morgan fingerprint density at radius 1 is 1.22 bits per heavy atom. The van der Waals surface area contributed by atoms with Gasteiger partial charge in [0.2, 0.25) is 0 Å². The van der Waals surface area contributed by atoms with E-state index in [1.165, 1.54) is 24.4 Å². The van der Waals surface area contributed by atoms with Crippen molar-refractivity contribution in [2.45, 2.75) is 0 Å². The number of nitrogen functional groups attached to an aromatic ring is 1. The summed E-state index contributed by atoms with van der Waals surface area (Å²) in [6.07, 6.45) is 4.36. The molecule has 5 nitrogen and oxygen atoms in total. The van der Waals surface area contributed by atoms with Gasteiger partial charge in [-0.2, -0.15) is 5.10 Å². The van der Waals surface area contributed by atoms with E-state index in [-0.39, 0.29) is 5.69 Å². The van der Waals surface area contributed by atoms with E-state index in [2.05, 4.69) is 15.1 Å². The summed E-state index contributed by atoms with van der Waals surface area (Å²) in [5, 5.41) is 6.32. The summed E-state index contributed by atoms with van der Waals surface area (Å²) >= 11 is 0. The number of nitrogens with two attached hydrogens (primary N) is 1. The fourth-order valence-electron chi connectivity index (χ4n) is 2.32. The van der Waals surface area contributed by atoms with E-state index in [1.807, 2.05) is 0 Å². The van der Waals surface area contributed by atoms with Crippen molar-refractivity contribution in [2.24, 2.45) is 5.10 Å². The number of aromatic nitrogens is 2. The Morgan fingerprint density at radius 3 is 2.74 bits per heavy atom. The first kappa shape index (κ1) is 15.0. The maximum atomic E-state index is 13.8. The zero-order valence-electron chi connectivity index (χ0n) is 12.6. The molecule has 0 unspecified atom stereocenters. The van der Waals surface area contributed by atoms with Crippen molar-refractivity contribution in [3.8, 4) is 11.1 Å². The van der Waals surface area contributed by atoms with Crippen molar-refractivity contribution >= 4 is 22.9 Å². The van der Waals surface area contributed by atoms with Gasteiger partial charge in [-0.3, -0.25) is 0 Å². The van der Waals surface area contributed by atoms with Gasteiger partial charge in [0.15, 0.2) is 0 Å². The molecule has 0 amide bonds. The Bertz CT molecular complexity index is 899. The molecule has 0 radical (unpaired) electrons. The zero-order valence-corrected chi connectivity index (χ0v) is 12.6. The van der Waals surface area contributed by atoms with Crippen molar-refractivity contribution in [2.75, 3.05) is 19.8 Å². The van der Waals surface area contributed by atoms with Crippen LogP contribution in [0, 0.1) is 11.6 Å². The maximum Gasteiger partial charge on any atom is 0.146 e. The fourth-order valence-corrected chi connectivity index (χ4v) is 2.32. The molecular weight excluding hydrogens is 300 g/mol. The number of fused-ring (bicyclic) bond motifs is 1. The molecule has 0 atom stereocenters. The van der Waals surface area contributed by atoms with Crippen LogP contribution < -0.4 is 5.73 Å². The predicted molar refractivity (Wildman–Crippen MR) is 87.1 cm³/mol. The third-order valence-corrected chi connectivity index (χ3v) is 3.38. The smallest absolute Gasteiger partial charge is 0.146 e. The number of hydrogen-bond acceptors (Lipinski definition) is 4. The van der Waals surface area contributed by atoms with Crippen LogP contribution in [0.2, 0.25) is 0 Å². The summed E-state index contributed by atoms with van der Waals surface area (Å²) < 4.78 is 27.3. The number of pyridine rings is 1. The Morgan fingerprint density at radius 2 is 2.00 bits per heavy atom. The summed E-state index contributed by atoms with van der Waals surface area (Å²) in [6.45, 7) is 0. The number of rotatable bonds is 3. The number of nitrogens with one attached hydrogen (secondary N) is 1. The van der Waals surface area contributed by atoms with Crippen molar-refractivity contribution in [1.29, 1.82) is 0 Å². The van der Waals surface area contributed by atoms with Gasteiger partial charge in [0.05, 0.1) is 18.1 Å². The maximum absolute atomic E-state index is 13.8. The van der Waals surface area contributed by atoms with Crippen LogP contribution in [-0.4, -0.2) is 35.3 Å². The fraction of sp³-hybridized carbons (Fsp3) is 0.125. The first-order valence-corrected chi connectivity index (χ1v) is 6.89. The highest BCUT2D eigenvalue weighted by molar-refractivity contribution is 6.00. The number of aromatic amines is 1. The lowest BCUT2D eigenvalue weighted by Gasteiger charge is -2.09. The largest absolute Gasteiger partial charge is 0.396 e. The Labute approximate surface area is 131 Å². The van der Waals surface area contributed by atoms with Gasteiger partial charge in [-0.25, -0.2) is 13.8 Å². The molecule has 7 heteroatoms. The number of anilines is 1. The molecule has 0 saturated heterocycles. The second kappa shape index (κ2) is 5.68. The third kappa shape index (κ3) is 2.85. The molecule has 1 aromatic carbocycles. The number of hydrazone groups is 1. The van der Waals surface area contributed by atoms with Gasteiger partial charge in [-0.15, -0.1) is 0 Å². The van der Waals surface area contributed by atoms with Gasteiger partial charge in [-0.1, -0.05) is 0 Å². The molecule has 3 aromatic rings. The van der Waals surface area contributed by atoms with Crippen LogP contribution in [0.5, 0.6) is 0 Å². The van der Waals surface area contributed by atoms with Crippen molar-refractivity contribution in [1.82, 2.24) is 15.0 Å². The summed E-state index contributed by atoms with van der Waals surface area (Å²) in [7, 11) is 3.52. The highest BCUT2D eigenvalue weighted by atomic mass is 19.1. The molecule has 2 aromatic heterocycles. The Hall–Kier alpha value is -2.96. The lowest BCUT2D eigenvalue weighted by atomic mass is 9.99. The summed E-state index contributed by atoms with van der Waals surface area (Å²) in [5.74, 6) is -0.977. The number of nitrogens with zero attached hydrogens (tertiary/aromatic N) is 3. The molecule has 0 aliphatic heterocycles. The molecule has 3 N–H and O–H groups in total. The minimum Gasteiger partial charge on any atom is -0.396 e. The molecule has 0 saturated carbocycles. The first-order chi connectivity index (χ1) is 11.0. The zero-order chi connectivity index (χ0) is 16.6. The molecule has 0 aliphatic rings. The molecule has 118 valence electrons. The molecule has 2 heterocycles. The number of benzene rings is 1. The minimum absolute atomic E-state index is 0.0146. The summed E-state index contributed by atoms with van der Waals surface area (Å²) in [5.41, 5.74) is 8.12. The van der Waals surface area contributed by atoms with Crippen LogP contribution >= 0.6 is 0 Å². The molecular formula is C16H15F2N5. The van der Waals surface area contributed by atoms with Gasteiger partial charge in [0.1, 0.15) is 17.3 Å². The van der Waals surface area contributed by atoms with Crippen LogP contribution in [-0.2, 0) is 0 Å². The van der Waals surface area contributed by atoms with Gasteiger partial charge in [-0.05, 0) is 23.8 Å². The van der Waals surface area contributed by atoms with Gasteiger partial charge < -0.3 is 15.7 Å². The van der Waals surface area contributed by atoms with Crippen LogP contribution in [0.1, 0.15) is 5.56 Å². The normalized spacial score (nSPS) is 11.5. The Kier molecular flexibility index (Phi) is 3.69. The lowest BCUT2D eigenvalue weighted by Crippen LogP contribution is -2.03. The second-order valence-electron chi connectivity index (χ2n) is 5.30. The standard InChI is InChI=1S/C16H15F2N5/c1-23(2)22-6-9-3-14(18)15(19)5-11(9)13-8-21-16-12(13)4-10(17)7-20-16/h3-8H,19H2,1-2H3,(H,20,21)/b22-6-. The van der Waals surface area contributed by atoms with E-state index in [0.717, 1.165) is 6.20 Å². The van der Waals surface area contributed by atoms with Gasteiger partial charge >= 0.3 is 0 Å². The van der Waals surface area contributed by atoms with Crippen LogP contribution in [0.25, 0.3) is 22.2 Å². The molecule has 23 heavy (non-hydrogen) atoms. The first-order valence-electron chi connectivity index (χ1n) is 6.89. The monoisotopic (exact) mass is 315 g/mol. The topological polar surface area (TPSA) is 70.3 Å². The van der Waals surface area contributed by atoms with E-state index < -0.39 is 11.6 Å². The predicted octanol–water partition coefficient (Wildman–Crippen LogP) is 2.99. The van der Waals surface area contributed by atoms with Crippen molar-refractivity contribution in [3.05, 3.63) is 47.8 Å².